The van der Waals surface area contributed by atoms with Crippen molar-refractivity contribution in [2.75, 3.05) is 0 Å². The molecule has 0 aromatic carbocycles. The zero-order chi connectivity index (χ0) is 14.3. The number of carbonyl (C=O) groups excluding carboxylic acids is 1. The van der Waals surface area contributed by atoms with E-state index >= 15 is 0 Å². The summed E-state index contributed by atoms with van der Waals surface area (Å²) in [5.74, 6) is -1.28. The largest absolute Gasteiger partial charge is 0.480 e. The third-order valence-corrected chi connectivity index (χ3v) is 2.53. The van der Waals surface area contributed by atoms with Crippen LogP contribution in [0.3, 0.4) is 0 Å². The second-order valence-corrected chi connectivity index (χ2v) is 5.98. The third kappa shape index (κ3) is 8.06. The van der Waals surface area contributed by atoms with Gasteiger partial charge in [-0.3, -0.25) is 4.79 Å². The highest BCUT2D eigenvalue weighted by Crippen LogP contribution is 2.20. The van der Waals surface area contributed by atoms with E-state index in [0.29, 0.717) is 12.8 Å². The molecule has 0 aromatic heterocycles. The summed E-state index contributed by atoms with van der Waals surface area (Å²) in [6.07, 6.45) is 2.05. The van der Waals surface area contributed by atoms with Gasteiger partial charge in [0.25, 0.3) is 0 Å². The van der Waals surface area contributed by atoms with Crippen molar-refractivity contribution in [1.29, 1.82) is 0 Å². The van der Waals surface area contributed by atoms with Crippen LogP contribution in [-0.2, 0) is 9.59 Å². The van der Waals surface area contributed by atoms with E-state index in [2.05, 4.69) is 26.1 Å². The fourth-order valence-corrected chi connectivity index (χ4v) is 1.90. The second-order valence-electron chi connectivity index (χ2n) is 5.98. The molecular formula is C13H26N2O3. The molecule has 5 nitrogen and oxygen atoms in total. The van der Waals surface area contributed by atoms with E-state index in [4.69, 9.17) is 10.8 Å². The van der Waals surface area contributed by atoms with Crippen LogP contribution >= 0.6 is 0 Å². The van der Waals surface area contributed by atoms with Crippen LogP contribution in [-0.4, -0.2) is 29.1 Å². The number of amides is 1. The van der Waals surface area contributed by atoms with Crippen molar-refractivity contribution in [3.8, 4) is 0 Å². The van der Waals surface area contributed by atoms with E-state index in [1.165, 1.54) is 0 Å². The van der Waals surface area contributed by atoms with Crippen molar-refractivity contribution in [3.63, 3.8) is 0 Å². The molecule has 0 aromatic rings. The molecule has 2 atom stereocenters. The molecule has 0 aliphatic heterocycles. The van der Waals surface area contributed by atoms with Crippen LogP contribution in [0.15, 0.2) is 0 Å². The van der Waals surface area contributed by atoms with Gasteiger partial charge < -0.3 is 16.2 Å². The minimum absolute atomic E-state index is 0.0648. The Morgan fingerprint density at radius 2 is 1.89 bits per heavy atom. The molecule has 0 aliphatic carbocycles. The van der Waals surface area contributed by atoms with Gasteiger partial charge in [0.05, 0.1) is 0 Å². The van der Waals surface area contributed by atoms with Gasteiger partial charge in [0.15, 0.2) is 0 Å². The molecule has 0 bridgehead atoms. The first-order chi connectivity index (χ1) is 8.15. The average Bonchev–Trinajstić information content (AvgIpc) is 2.13. The van der Waals surface area contributed by atoms with Crippen LogP contribution in [0.4, 0.5) is 0 Å². The molecule has 106 valence electrons. The predicted molar refractivity (Wildman–Crippen MR) is 71.1 cm³/mol. The van der Waals surface area contributed by atoms with Gasteiger partial charge in [-0.25, -0.2) is 4.79 Å². The summed E-state index contributed by atoms with van der Waals surface area (Å²) in [4.78, 5) is 22.6. The number of nitrogens with two attached hydrogens (primary N) is 1. The van der Waals surface area contributed by atoms with Gasteiger partial charge in [-0.1, -0.05) is 34.1 Å². The molecule has 0 saturated heterocycles. The molecule has 0 spiro atoms. The molecule has 4 N–H and O–H groups in total. The zero-order valence-electron chi connectivity index (χ0n) is 11.8. The Morgan fingerprint density at radius 3 is 2.28 bits per heavy atom. The van der Waals surface area contributed by atoms with E-state index in [-0.39, 0.29) is 23.8 Å². The summed E-state index contributed by atoms with van der Waals surface area (Å²) in [5.41, 5.74) is 5.94. The smallest absolute Gasteiger partial charge is 0.326 e. The minimum atomic E-state index is -0.991. The van der Waals surface area contributed by atoms with Gasteiger partial charge in [0, 0.05) is 12.5 Å². The van der Waals surface area contributed by atoms with Crippen molar-refractivity contribution in [2.45, 2.75) is 65.5 Å². The van der Waals surface area contributed by atoms with Crippen molar-refractivity contribution in [1.82, 2.24) is 5.32 Å². The van der Waals surface area contributed by atoms with Gasteiger partial charge in [-0.05, 0) is 18.3 Å². The molecular weight excluding hydrogens is 232 g/mol. The van der Waals surface area contributed by atoms with Crippen LogP contribution < -0.4 is 11.1 Å². The molecule has 0 aliphatic rings. The first-order valence-corrected chi connectivity index (χ1v) is 6.43. The van der Waals surface area contributed by atoms with E-state index in [9.17, 15) is 9.59 Å². The van der Waals surface area contributed by atoms with Crippen molar-refractivity contribution in [3.05, 3.63) is 0 Å². The average molecular weight is 258 g/mol. The maximum Gasteiger partial charge on any atom is 0.326 e. The van der Waals surface area contributed by atoms with Gasteiger partial charge in [-0.15, -0.1) is 0 Å². The molecule has 0 saturated carbocycles. The lowest BCUT2D eigenvalue weighted by Gasteiger charge is -2.23. The highest BCUT2D eigenvalue weighted by Gasteiger charge is 2.22. The number of carbonyl (C=O) groups is 2. The van der Waals surface area contributed by atoms with Crippen LogP contribution in [0, 0.1) is 5.41 Å². The summed E-state index contributed by atoms with van der Waals surface area (Å²) < 4.78 is 0. The van der Waals surface area contributed by atoms with Crippen LogP contribution in [0.5, 0.6) is 0 Å². The lowest BCUT2D eigenvalue weighted by molar-refractivity contribution is -0.142. The van der Waals surface area contributed by atoms with E-state index in [1.807, 2.05) is 6.92 Å². The highest BCUT2D eigenvalue weighted by molar-refractivity contribution is 5.83. The van der Waals surface area contributed by atoms with E-state index in [1.54, 1.807) is 0 Å². The van der Waals surface area contributed by atoms with Crippen molar-refractivity contribution in [2.24, 2.45) is 11.1 Å². The first kappa shape index (κ1) is 16.9. The van der Waals surface area contributed by atoms with Crippen LogP contribution in [0.2, 0.25) is 0 Å². The Hall–Kier alpha value is -1.10. The quantitative estimate of drug-likeness (QED) is 0.645. The first-order valence-electron chi connectivity index (χ1n) is 6.43. The summed E-state index contributed by atoms with van der Waals surface area (Å²) in [6.45, 7) is 8.05. The highest BCUT2D eigenvalue weighted by atomic mass is 16.4. The SMILES string of the molecule is CCCC(NC(=O)CC(N)CC(C)(C)C)C(=O)O. The van der Waals surface area contributed by atoms with Gasteiger partial charge in [0.2, 0.25) is 5.91 Å². The van der Waals surface area contributed by atoms with Crippen molar-refractivity contribution < 1.29 is 14.7 Å². The topological polar surface area (TPSA) is 92.4 Å². The number of hydrogen-bond acceptors (Lipinski definition) is 3. The van der Waals surface area contributed by atoms with E-state index < -0.39 is 12.0 Å². The Labute approximate surface area is 109 Å². The molecule has 5 heteroatoms. The fraction of sp³-hybridized carbons (Fsp3) is 0.846. The molecule has 1 amide bonds. The summed E-state index contributed by atoms with van der Waals surface area (Å²) in [5, 5.41) is 11.4. The van der Waals surface area contributed by atoms with Gasteiger partial charge in [0.1, 0.15) is 6.04 Å². The maximum absolute atomic E-state index is 11.7. The number of aliphatic carboxylic acids is 1. The van der Waals surface area contributed by atoms with Crippen molar-refractivity contribution >= 4 is 11.9 Å². The Balaban J connectivity index is 4.20. The standard InChI is InChI=1S/C13H26N2O3/c1-5-6-10(12(17)18)15-11(16)7-9(14)8-13(2,3)4/h9-10H,5-8,14H2,1-4H3,(H,15,16)(H,17,18). The molecule has 2 unspecified atom stereocenters. The minimum Gasteiger partial charge on any atom is -0.480 e. The van der Waals surface area contributed by atoms with Crippen LogP contribution in [0.1, 0.15) is 53.4 Å². The summed E-state index contributed by atoms with van der Waals surface area (Å²) >= 11 is 0. The molecule has 0 heterocycles. The zero-order valence-corrected chi connectivity index (χ0v) is 11.8. The lowest BCUT2D eigenvalue weighted by atomic mass is 9.87. The number of hydrogen-bond donors (Lipinski definition) is 3. The normalized spacial score (nSPS) is 14.9. The molecule has 0 fully saturated rings. The fourth-order valence-electron chi connectivity index (χ4n) is 1.90. The number of carboxylic acids is 1. The summed E-state index contributed by atoms with van der Waals surface area (Å²) in [6, 6.07) is -1.04. The van der Waals surface area contributed by atoms with Gasteiger partial charge >= 0.3 is 5.97 Å². The number of rotatable bonds is 7. The van der Waals surface area contributed by atoms with E-state index in [0.717, 1.165) is 6.42 Å². The summed E-state index contributed by atoms with van der Waals surface area (Å²) in [7, 11) is 0. The lowest BCUT2D eigenvalue weighted by Crippen LogP contribution is -2.43. The maximum atomic E-state index is 11.7. The monoisotopic (exact) mass is 258 g/mol. The molecule has 0 rings (SSSR count). The van der Waals surface area contributed by atoms with Crippen LogP contribution in [0.25, 0.3) is 0 Å². The second kappa shape index (κ2) is 7.36. The number of carboxylic acid groups (broad SMARTS) is 1. The Kier molecular flexibility index (Phi) is 6.91. The Morgan fingerprint density at radius 1 is 1.33 bits per heavy atom. The third-order valence-electron chi connectivity index (χ3n) is 2.53. The predicted octanol–water partition coefficient (Wildman–Crippen LogP) is 1.51. The number of nitrogens with one attached hydrogen (secondary N) is 1. The molecule has 18 heavy (non-hydrogen) atoms. The van der Waals surface area contributed by atoms with Gasteiger partial charge in [-0.2, -0.15) is 0 Å². The molecule has 0 radical (unpaired) electrons. The Bertz CT molecular complexity index is 284.